The summed E-state index contributed by atoms with van der Waals surface area (Å²) >= 11 is 0. The summed E-state index contributed by atoms with van der Waals surface area (Å²) in [7, 11) is -3.87. The van der Waals surface area contributed by atoms with Crippen molar-refractivity contribution in [2.45, 2.75) is 32.2 Å². The highest BCUT2D eigenvalue weighted by atomic mass is 32.2. The minimum atomic E-state index is -3.87. The van der Waals surface area contributed by atoms with E-state index in [9.17, 15) is 13.2 Å². The lowest BCUT2D eigenvalue weighted by Gasteiger charge is -2.07. The number of benzene rings is 2. The predicted molar refractivity (Wildman–Crippen MR) is 113 cm³/mol. The highest BCUT2D eigenvalue weighted by Gasteiger charge is 2.20. The molecule has 0 amide bonds. The van der Waals surface area contributed by atoms with Gasteiger partial charge in [0.25, 0.3) is 10.0 Å². The van der Waals surface area contributed by atoms with Crippen molar-refractivity contribution in [2.75, 3.05) is 4.72 Å². The van der Waals surface area contributed by atoms with E-state index in [0.717, 1.165) is 16.5 Å². The smallest absolute Gasteiger partial charge is 0.263 e. The molecule has 0 bridgehead atoms. The summed E-state index contributed by atoms with van der Waals surface area (Å²) < 4.78 is 30.0. The minimum Gasteiger partial charge on any atom is -0.295 e. The van der Waals surface area contributed by atoms with Crippen LogP contribution in [-0.4, -0.2) is 29.0 Å². The number of Topliss-reactive ketones (excluding diaryl/α,β-unsaturated/α-hetero) is 1. The maximum Gasteiger partial charge on any atom is 0.263 e. The Balaban J connectivity index is 1.80. The van der Waals surface area contributed by atoms with E-state index in [1.807, 2.05) is 38.1 Å². The Hall–Kier alpha value is -3.26. The van der Waals surface area contributed by atoms with Crippen molar-refractivity contribution in [3.05, 3.63) is 59.7 Å². The van der Waals surface area contributed by atoms with E-state index in [4.69, 9.17) is 4.98 Å². The number of anilines is 1. The van der Waals surface area contributed by atoms with Gasteiger partial charge in [0.15, 0.2) is 17.2 Å². The molecule has 0 atom stereocenters. The molecule has 0 saturated carbocycles. The maximum absolute atomic E-state index is 12.9. The molecular formula is C21H20N4O3S. The first kappa shape index (κ1) is 19.1. The molecule has 2 aromatic heterocycles. The minimum absolute atomic E-state index is 0.0612. The quantitative estimate of drug-likeness (QED) is 0.505. The monoisotopic (exact) mass is 408 g/mol. The highest BCUT2D eigenvalue weighted by Crippen LogP contribution is 2.28. The summed E-state index contributed by atoms with van der Waals surface area (Å²) in [6.07, 6.45) is 0. The van der Waals surface area contributed by atoms with Crippen LogP contribution in [0.3, 0.4) is 0 Å². The van der Waals surface area contributed by atoms with Gasteiger partial charge >= 0.3 is 0 Å². The molecule has 2 heterocycles. The molecule has 4 aromatic rings. The van der Waals surface area contributed by atoms with E-state index in [-0.39, 0.29) is 16.5 Å². The number of aryl methyl sites for hydroxylation is 2. The number of carbonyl (C=O) groups excluding carboxylic acids is 1. The molecule has 7 nitrogen and oxygen atoms in total. The lowest BCUT2D eigenvalue weighted by molar-refractivity contribution is 0.101. The van der Waals surface area contributed by atoms with E-state index in [1.165, 1.54) is 31.2 Å². The van der Waals surface area contributed by atoms with Gasteiger partial charge in [-0.25, -0.2) is 18.1 Å². The lowest BCUT2D eigenvalue weighted by atomic mass is 10.1. The molecule has 1 N–H and O–H groups in total. The van der Waals surface area contributed by atoms with Crippen LogP contribution < -0.4 is 4.72 Å². The van der Waals surface area contributed by atoms with Crippen molar-refractivity contribution in [3.63, 3.8) is 0 Å². The van der Waals surface area contributed by atoms with Crippen LogP contribution in [0, 0.1) is 6.92 Å². The topological polar surface area (TPSA) is 94.0 Å². The van der Waals surface area contributed by atoms with Crippen molar-refractivity contribution in [1.82, 2.24) is 14.8 Å². The summed E-state index contributed by atoms with van der Waals surface area (Å²) in [6, 6.07) is 13.6. The van der Waals surface area contributed by atoms with E-state index < -0.39 is 10.0 Å². The first-order chi connectivity index (χ1) is 13.8. The SMILES string of the molecule is CCn1nc(NS(=O)(=O)c2ccc(C(C)=O)cc2)c2cc3ccc(C)cc3nc21. The number of pyridine rings is 1. The fourth-order valence-electron chi connectivity index (χ4n) is 3.21. The number of nitrogens with one attached hydrogen (secondary N) is 1. The average Bonchev–Trinajstić information content (AvgIpc) is 3.02. The fourth-order valence-corrected chi connectivity index (χ4v) is 4.23. The number of sulfonamides is 1. The molecule has 0 unspecified atom stereocenters. The number of carbonyl (C=O) groups is 1. The van der Waals surface area contributed by atoms with Crippen molar-refractivity contribution < 1.29 is 13.2 Å². The number of ketones is 1. The Bertz CT molecular complexity index is 1360. The zero-order valence-corrected chi connectivity index (χ0v) is 17.1. The molecule has 0 radical (unpaired) electrons. The number of nitrogens with zero attached hydrogens (tertiary/aromatic N) is 3. The second-order valence-electron chi connectivity index (χ2n) is 6.91. The van der Waals surface area contributed by atoms with Crippen LogP contribution in [0.15, 0.2) is 53.4 Å². The molecule has 0 saturated heterocycles. The van der Waals surface area contributed by atoms with Gasteiger partial charge in [0, 0.05) is 17.5 Å². The number of hydrogen-bond acceptors (Lipinski definition) is 5. The molecule has 0 fully saturated rings. The van der Waals surface area contributed by atoms with Crippen molar-refractivity contribution in [1.29, 1.82) is 0 Å². The van der Waals surface area contributed by atoms with Crippen LogP contribution in [0.4, 0.5) is 5.82 Å². The highest BCUT2D eigenvalue weighted by molar-refractivity contribution is 7.92. The van der Waals surface area contributed by atoms with Crippen molar-refractivity contribution in [2.24, 2.45) is 0 Å². The van der Waals surface area contributed by atoms with Gasteiger partial charge in [0.2, 0.25) is 0 Å². The third kappa shape index (κ3) is 3.47. The fraction of sp³-hybridized carbons (Fsp3) is 0.190. The first-order valence-electron chi connectivity index (χ1n) is 9.20. The van der Waals surface area contributed by atoms with Crippen LogP contribution in [0.25, 0.3) is 21.9 Å². The Morgan fingerprint density at radius 2 is 1.83 bits per heavy atom. The Morgan fingerprint density at radius 1 is 1.10 bits per heavy atom. The number of hydrogen-bond donors (Lipinski definition) is 1. The van der Waals surface area contributed by atoms with Gasteiger partial charge in [0.1, 0.15) is 0 Å². The van der Waals surface area contributed by atoms with E-state index in [0.29, 0.717) is 23.1 Å². The van der Waals surface area contributed by atoms with Crippen LogP contribution >= 0.6 is 0 Å². The third-order valence-electron chi connectivity index (χ3n) is 4.78. The largest absolute Gasteiger partial charge is 0.295 e. The number of rotatable bonds is 5. The van der Waals surface area contributed by atoms with Crippen molar-refractivity contribution >= 4 is 43.6 Å². The third-order valence-corrected chi connectivity index (χ3v) is 6.13. The zero-order valence-electron chi connectivity index (χ0n) is 16.3. The van der Waals surface area contributed by atoms with Gasteiger partial charge in [-0.15, -0.1) is 0 Å². The van der Waals surface area contributed by atoms with Gasteiger partial charge < -0.3 is 0 Å². The Kier molecular flexibility index (Phi) is 4.58. The molecule has 8 heteroatoms. The lowest BCUT2D eigenvalue weighted by Crippen LogP contribution is -2.14. The van der Waals surface area contributed by atoms with E-state index in [1.54, 1.807) is 4.68 Å². The van der Waals surface area contributed by atoms with Gasteiger partial charge in [-0.05, 0) is 50.6 Å². The average molecular weight is 408 g/mol. The molecule has 29 heavy (non-hydrogen) atoms. The summed E-state index contributed by atoms with van der Waals surface area (Å²) in [5, 5.41) is 5.96. The maximum atomic E-state index is 12.9. The van der Waals surface area contributed by atoms with E-state index in [2.05, 4.69) is 9.82 Å². The number of fused-ring (bicyclic) bond motifs is 2. The Labute approximate surface area is 168 Å². The molecule has 0 spiro atoms. The summed E-state index contributed by atoms with van der Waals surface area (Å²) in [6.45, 7) is 5.91. The number of aromatic nitrogens is 3. The van der Waals surface area contributed by atoms with Gasteiger partial charge in [-0.1, -0.05) is 24.3 Å². The van der Waals surface area contributed by atoms with Crippen LogP contribution in [0.1, 0.15) is 29.8 Å². The van der Waals surface area contributed by atoms with Gasteiger partial charge in [-0.3, -0.25) is 9.52 Å². The second-order valence-corrected chi connectivity index (χ2v) is 8.59. The molecule has 0 aliphatic rings. The van der Waals surface area contributed by atoms with Gasteiger partial charge in [-0.2, -0.15) is 5.10 Å². The molecule has 2 aromatic carbocycles. The van der Waals surface area contributed by atoms with E-state index >= 15 is 0 Å². The predicted octanol–water partition coefficient (Wildman–Crippen LogP) is 3.92. The standard InChI is InChI=1S/C21H20N4O3S/c1-4-25-21-18(12-16-6-5-13(2)11-19(16)22-21)20(23-25)24-29(27,28)17-9-7-15(8-10-17)14(3)26/h5-12H,4H2,1-3H3,(H,23,24). The molecule has 148 valence electrons. The first-order valence-corrected chi connectivity index (χ1v) is 10.7. The summed E-state index contributed by atoms with van der Waals surface area (Å²) in [4.78, 5) is 16.2. The molecular weight excluding hydrogens is 388 g/mol. The van der Waals surface area contributed by atoms with Gasteiger partial charge in [0.05, 0.1) is 15.8 Å². The second kappa shape index (κ2) is 6.97. The molecule has 0 aliphatic heterocycles. The van der Waals surface area contributed by atoms with Crippen LogP contribution in [0.5, 0.6) is 0 Å². The van der Waals surface area contributed by atoms with Crippen molar-refractivity contribution in [3.8, 4) is 0 Å². The molecule has 0 aliphatic carbocycles. The van der Waals surface area contributed by atoms with Crippen LogP contribution in [0.2, 0.25) is 0 Å². The molecule has 4 rings (SSSR count). The Morgan fingerprint density at radius 3 is 2.48 bits per heavy atom. The normalized spacial score (nSPS) is 11.8. The summed E-state index contributed by atoms with van der Waals surface area (Å²) in [5.74, 6) is 0.107. The van der Waals surface area contributed by atoms with Crippen LogP contribution in [-0.2, 0) is 16.6 Å². The zero-order chi connectivity index (χ0) is 20.8. The summed E-state index contributed by atoms with van der Waals surface area (Å²) in [5.41, 5.74) is 3.01.